The van der Waals surface area contributed by atoms with Crippen molar-refractivity contribution in [3.63, 3.8) is 0 Å². The van der Waals surface area contributed by atoms with Crippen molar-refractivity contribution >= 4 is 27.3 Å². The highest BCUT2D eigenvalue weighted by Crippen LogP contribution is 2.32. The largest absolute Gasteiger partial charge is 0.497 e. The van der Waals surface area contributed by atoms with Crippen molar-refractivity contribution in [2.75, 3.05) is 32.2 Å². The molecule has 186 valence electrons. The number of carbonyl (C=O) groups is 1. The van der Waals surface area contributed by atoms with Gasteiger partial charge in [-0.2, -0.15) is 5.10 Å². The Morgan fingerprint density at radius 2 is 1.53 bits per heavy atom. The molecule has 1 N–H and O–H groups in total. The predicted octanol–water partition coefficient (Wildman–Crippen LogP) is 3.98. The maximum atomic E-state index is 13.6. The number of hydrazone groups is 1. The number of carbonyl (C=O) groups excluding carboxylic acids is 1. The second kappa shape index (κ2) is 12.8. The summed E-state index contributed by atoms with van der Waals surface area (Å²) in [5.74, 6) is 0.662. The number of ether oxygens (including phenoxy) is 3. The molecule has 2 aromatic rings. The van der Waals surface area contributed by atoms with Crippen molar-refractivity contribution in [3.8, 4) is 17.2 Å². The summed E-state index contributed by atoms with van der Waals surface area (Å²) < 4.78 is 43.9. The Labute approximate surface area is 201 Å². The lowest BCUT2D eigenvalue weighted by Crippen LogP contribution is -2.39. The fraction of sp³-hybridized carbons (Fsp3) is 0.417. The third kappa shape index (κ3) is 6.86. The lowest BCUT2D eigenvalue weighted by Gasteiger charge is -2.24. The molecule has 0 aromatic heterocycles. The highest BCUT2D eigenvalue weighted by molar-refractivity contribution is 7.92. The van der Waals surface area contributed by atoms with E-state index in [4.69, 9.17) is 14.2 Å². The minimum Gasteiger partial charge on any atom is -0.497 e. The Hall–Kier alpha value is -3.27. The average molecular weight is 492 g/mol. The maximum Gasteiger partial charge on any atom is 0.264 e. The van der Waals surface area contributed by atoms with Gasteiger partial charge in [-0.3, -0.25) is 9.10 Å². The molecule has 0 bridgehead atoms. The van der Waals surface area contributed by atoms with E-state index in [1.54, 1.807) is 24.3 Å². The third-order valence-corrected chi connectivity index (χ3v) is 6.78. The average Bonchev–Trinajstić information content (AvgIpc) is 2.85. The van der Waals surface area contributed by atoms with Gasteiger partial charge in [-0.1, -0.05) is 26.7 Å². The van der Waals surface area contributed by atoms with Crippen molar-refractivity contribution in [3.05, 3.63) is 42.5 Å². The second-order valence-electron chi connectivity index (χ2n) is 7.44. The SMILES string of the molecule is CCCC(CCC)=NNC(=O)CN(c1ccc(OC)cc1)S(=O)(=O)c1ccc(OC)c(OC)c1. The first-order chi connectivity index (χ1) is 16.3. The molecule has 0 saturated heterocycles. The van der Waals surface area contributed by atoms with E-state index in [-0.39, 0.29) is 10.6 Å². The maximum absolute atomic E-state index is 13.6. The Morgan fingerprint density at radius 3 is 2.06 bits per heavy atom. The van der Waals surface area contributed by atoms with Crippen LogP contribution in [-0.2, 0) is 14.8 Å². The molecule has 0 fully saturated rings. The van der Waals surface area contributed by atoms with Crippen molar-refractivity contribution in [2.24, 2.45) is 5.10 Å². The van der Waals surface area contributed by atoms with E-state index in [0.717, 1.165) is 35.7 Å². The molecule has 0 aliphatic rings. The van der Waals surface area contributed by atoms with Gasteiger partial charge in [0, 0.05) is 11.8 Å². The summed E-state index contributed by atoms with van der Waals surface area (Å²) in [6, 6.07) is 10.7. The highest BCUT2D eigenvalue weighted by atomic mass is 32.2. The van der Waals surface area contributed by atoms with E-state index >= 15 is 0 Å². The lowest BCUT2D eigenvalue weighted by molar-refractivity contribution is -0.119. The van der Waals surface area contributed by atoms with Gasteiger partial charge in [-0.25, -0.2) is 13.8 Å². The second-order valence-corrected chi connectivity index (χ2v) is 9.30. The number of nitrogens with one attached hydrogen (secondary N) is 1. The highest BCUT2D eigenvalue weighted by Gasteiger charge is 2.28. The number of methoxy groups -OCH3 is 3. The van der Waals surface area contributed by atoms with Crippen LogP contribution in [0.1, 0.15) is 39.5 Å². The number of rotatable bonds is 13. The molecule has 0 heterocycles. The van der Waals surface area contributed by atoms with Gasteiger partial charge in [0.05, 0.1) is 31.9 Å². The number of anilines is 1. The molecule has 0 aliphatic heterocycles. The first-order valence-electron chi connectivity index (χ1n) is 11.0. The van der Waals surface area contributed by atoms with Crippen LogP contribution in [-0.4, -0.2) is 47.9 Å². The number of nitrogens with zero attached hydrogens (tertiary/aromatic N) is 2. The molecule has 1 amide bonds. The van der Waals surface area contributed by atoms with Gasteiger partial charge in [0.1, 0.15) is 12.3 Å². The summed E-state index contributed by atoms with van der Waals surface area (Å²) in [6.07, 6.45) is 3.33. The quantitative estimate of drug-likeness (QED) is 0.336. The number of amides is 1. The predicted molar refractivity (Wildman–Crippen MR) is 132 cm³/mol. The summed E-state index contributed by atoms with van der Waals surface area (Å²) in [4.78, 5) is 12.7. The molecule has 2 aromatic carbocycles. The van der Waals surface area contributed by atoms with E-state index in [2.05, 4.69) is 10.5 Å². The van der Waals surface area contributed by atoms with Crippen LogP contribution in [0.5, 0.6) is 17.2 Å². The van der Waals surface area contributed by atoms with Gasteiger partial charge < -0.3 is 14.2 Å². The molecule has 0 spiro atoms. The van der Waals surface area contributed by atoms with Crippen LogP contribution in [0, 0.1) is 0 Å². The van der Waals surface area contributed by atoms with Crippen LogP contribution in [0.2, 0.25) is 0 Å². The smallest absolute Gasteiger partial charge is 0.264 e. The van der Waals surface area contributed by atoms with Crippen LogP contribution in [0.4, 0.5) is 5.69 Å². The van der Waals surface area contributed by atoms with Crippen LogP contribution in [0.15, 0.2) is 52.5 Å². The van der Waals surface area contributed by atoms with E-state index in [0.29, 0.717) is 17.2 Å². The fourth-order valence-electron chi connectivity index (χ4n) is 3.29. The van der Waals surface area contributed by atoms with Gasteiger partial charge in [-0.05, 0) is 49.2 Å². The number of sulfonamides is 1. The Bertz CT molecular complexity index is 1080. The first kappa shape index (κ1) is 27.0. The first-order valence-corrected chi connectivity index (χ1v) is 12.5. The summed E-state index contributed by atoms with van der Waals surface area (Å²) >= 11 is 0. The summed E-state index contributed by atoms with van der Waals surface area (Å²) in [5, 5.41) is 4.22. The number of hydrogen-bond donors (Lipinski definition) is 1. The molecule has 0 atom stereocenters. The molecule has 0 radical (unpaired) electrons. The van der Waals surface area contributed by atoms with Crippen molar-refractivity contribution in [2.45, 2.75) is 44.4 Å². The molecule has 0 aliphatic carbocycles. The minimum absolute atomic E-state index is 0.0464. The molecular weight excluding hydrogens is 458 g/mol. The van der Waals surface area contributed by atoms with E-state index in [1.165, 1.54) is 39.5 Å². The van der Waals surface area contributed by atoms with Gasteiger partial charge >= 0.3 is 0 Å². The molecule has 34 heavy (non-hydrogen) atoms. The van der Waals surface area contributed by atoms with E-state index in [9.17, 15) is 13.2 Å². The summed E-state index contributed by atoms with van der Waals surface area (Å²) in [7, 11) is 0.265. The minimum atomic E-state index is -4.14. The fourth-order valence-corrected chi connectivity index (χ4v) is 4.73. The van der Waals surface area contributed by atoms with Crippen LogP contribution >= 0.6 is 0 Å². The standard InChI is InChI=1S/C24H33N3O6S/c1-6-8-18(9-7-2)25-26-24(28)17-27(19-10-12-20(31-3)13-11-19)34(29,30)21-14-15-22(32-4)23(16-21)33-5/h10-16H,6-9,17H2,1-5H3,(H,26,28). The number of benzene rings is 2. The van der Waals surface area contributed by atoms with Gasteiger partial charge in [0.15, 0.2) is 11.5 Å². The van der Waals surface area contributed by atoms with Crippen LogP contribution < -0.4 is 23.9 Å². The zero-order valence-corrected chi connectivity index (χ0v) is 21.1. The molecule has 10 heteroatoms. The third-order valence-electron chi connectivity index (χ3n) is 5.01. The molecule has 9 nitrogen and oxygen atoms in total. The molecule has 2 rings (SSSR count). The summed E-state index contributed by atoms with van der Waals surface area (Å²) in [6.45, 7) is 3.61. The van der Waals surface area contributed by atoms with Crippen LogP contribution in [0.3, 0.4) is 0 Å². The Balaban J connectivity index is 2.43. The normalized spacial score (nSPS) is 10.9. The van der Waals surface area contributed by atoms with Gasteiger partial charge in [-0.15, -0.1) is 0 Å². The van der Waals surface area contributed by atoms with E-state index in [1.807, 2.05) is 13.8 Å². The zero-order valence-electron chi connectivity index (χ0n) is 20.3. The Morgan fingerprint density at radius 1 is 0.912 bits per heavy atom. The molecule has 0 unspecified atom stereocenters. The Kier molecular flexibility index (Phi) is 10.2. The van der Waals surface area contributed by atoms with Crippen molar-refractivity contribution in [1.29, 1.82) is 0 Å². The van der Waals surface area contributed by atoms with Crippen molar-refractivity contribution < 1.29 is 27.4 Å². The van der Waals surface area contributed by atoms with Crippen LogP contribution in [0.25, 0.3) is 0 Å². The zero-order chi connectivity index (χ0) is 25.1. The van der Waals surface area contributed by atoms with Gasteiger partial charge in [0.25, 0.3) is 15.9 Å². The van der Waals surface area contributed by atoms with Crippen molar-refractivity contribution in [1.82, 2.24) is 5.43 Å². The monoisotopic (exact) mass is 491 g/mol. The lowest BCUT2D eigenvalue weighted by atomic mass is 10.1. The molecular formula is C24H33N3O6S. The molecule has 0 saturated carbocycles. The number of hydrogen-bond acceptors (Lipinski definition) is 7. The van der Waals surface area contributed by atoms with Gasteiger partial charge in [0.2, 0.25) is 0 Å². The summed E-state index contributed by atoms with van der Waals surface area (Å²) in [5.41, 5.74) is 3.69. The topological polar surface area (TPSA) is 107 Å². The van der Waals surface area contributed by atoms with E-state index < -0.39 is 22.5 Å².